The Morgan fingerprint density at radius 3 is 2.18 bits per heavy atom. The molecule has 0 bridgehead atoms. The van der Waals surface area contributed by atoms with Gasteiger partial charge in [0.1, 0.15) is 0 Å². The van der Waals surface area contributed by atoms with Gasteiger partial charge in [-0.05, 0) is 67.9 Å². The van der Waals surface area contributed by atoms with Gasteiger partial charge in [-0.3, -0.25) is 4.79 Å². The molecule has 6 N–H and O–H groups in total. The summed E-state index contributed by atoms with van der Waals surface area (Å²) in [6.07, 6.45) is 0. The van der Waals surface area contributed by atoms with Gasteiger partial charge in [0.05, 0.1) is 16.9 Å². The number of rotatable bonds is 7. The molecule has 0 aliphatic rings. The number of benzene rings is 3. The van der Waals surface area contributed by atoms with Crippen LogP contribution in [0.2, 0.25) is 5.02 Å². The average molecular weight is 466 g/mol. The van der Waals surface area contributed by atoms with Crippen molar-refractivity contribution in [2.45, 2.75) is 25.9 Å². The number of anilines is 3. The zero-order chi connectivity index (χ0) is 24.0. The second-order valence-corrected chi connectivity index (χ2v) is 8.71. The Morgan fingerprint density at radius 1 is 0.939 bits per heavy atom. The third-order valence-corrected chi connectivity index (χ3v) is 5.59. The number of hydrogen-bond acceptors (Lipinski definition) is 4. The van der Waals surface area contributed by atoms with Crippen molar-refractivity contribution in [2.75, 3.05) is 22.9 Å². The van der Waals surface area contributed by atoms with Crippen LogP contribution < -0.4 is 22.1 Å². The molecule has 8 heteroatoms. The third-order valence-electron chi connectivity index (χ3n) is 5.34. The number of carbonyl (C=O) groups is 2. The summed E-state index contributed by atoms with van der Waals surface area (Å²) in [5.41, 5.74) is 14.3. The molecule has 0 spiro atoms. The molecule has 0 unspecified atom stereocenters. The first-order chi connectivity index (χ1) is 15.7. The number of nitrogens with zero attached hydrogens (tertiary/aromatic N) is 1. The lowest BCUT2D eigenvalue weighted by Crippen LogP contribution is -2.53. The molecule has 0 radical (unpaired) electrons. The van der Waals surface area contributed by atoms with Crippen LogP contribution in [0.25, 0.3) is 0 Å². The number of nitrogens with one attached hydrogen (secondary N) is 2. The monoisotopic (exact) mass is 465 g/mol. The van der Waals surface area contributed by atoms with Crippen LogP contribution >= 0.6 is 11.6 Å². The van der Waals surface area contributed by atoms with Crippen molar-refractivity contribution in [3.05, 3.63) is 88.9 Å². The molecule has 0 aliphatic carbocycles. The molecule has 0 aromatic heterocycles. The Labute approximate surface area is 198 Å². The largest absolute Gasteiger partial charge is 0.397 e. The Bertz CT molecular complexity index is 1110. The highest BCUT2D eigenvalue weighted by Crippen LogP contribution is 2.22. The van der Waals surface area contributed by atoms with Gasteiger partial charge in [0.25, 0.3) is 5.91 Å². The molecule has 0 saturated carbocycles. The second-order valence-electron chi connectivity index (χ2n) is 8.28. The summed E-state index contributed by atoms with van der Waals surface area (Å²) in [5, 5.41) is 6.28. The van der Waals surface area contributed by atoms with Gasteiger partial charge in [-0.25, -0.2) is 4.79 Å². The average Bonchev–Trinajstić information content (AvgIpc) is 2.80. The van der Waals surface area contributed by atoms with Crippen LogP contribution in [0.5, 0.6) is 0 Å². The minimum atomic E-state index is -0.600. The van der Waals surface area contributed by atoms with Gasteiger partial charge in [0, 0.05) is 29.4 Å². The van der Waals surface area contributed by atoms with Gasteiger partial charge in [-0.2, -0.15) is 0 Å². The van der Waals surface area contributed by atoms with E-state index >= 15 is 0 Å². The molecule has 172 valence electrons. The SMILES string of the molecule is CC(C)(CN)N(Cc1ccc(C(=O)Nc2ccccc2N)cc1)C(=O)Nc1ccc(Cl)cc1. The standard InChI is InChI=1S/C25H28ClN5O2/c1-25(2,16-27)31(24(33)29-20-13-11-19(26)12-14-20)15-17-7-9-18(10-8-17)23(32)30-22-6-4-3-5-21(22)28/h3-14H,15-16,27-28H2,1-2H3,(H,29,33)(H,30,32). The number of carbonyl (C=O) groups excluding carboxylic acids is 2. The number of nitrogens with two attached hydrogens (primary N) is 2. The molecule has 7 nitrogen and oxygen atoms in total. The van der Waals surface area contributed by atoms with Crippen molar-refractivity contribution >= 4 is 40.6 Å². The van der Waals surface area contributed by atoms with E-state index in [-0.39, 0.29) is 18.5 Å². The normalized spacial score (nSPS) is 11.0. The third kappa shape index (κ3) is 6.25. The maximum absolute atomic E-state index is 13.1. The minimum absolute atomic E-state index is 0.265. The van der Waals surface area contributed by atoms with E-state index in [2.05, 4.69) is 10.6 Å². The van der Waals surface area contributed by atoms with Crippen molar-refractivity contribution in [3.8, 4) is 0 Å². The molecule has 0 fully saturated rings. The Hall–Kier alpha value is -3.55. The molecule has 3 aromatic carbocycles. The summed E-state index contributed by atoms with van der Waals surface area (Å²) in [5.74, 6) is -0.265. The number of nitrogen functional groups attached to an aromatic ring is 1. The topological polar surface area (TPSA) is 113 Å². The van der Waals surface area contributed by atoms with Gasteiger partial charge in [0.2, 0.25) is 0 Å². The fourth-order valence-corrected chi connectivity index (χ4v) is 3.27. The van der Waals surface area contributed by atoms with Gasteiger partial charge in [-0.1, -0.05) is 35.9 Å². The lowest BCUT2D eigenvalue weighted by molar-refractivity contribution is 0.102. The summed E-state index contributed by atoms with van der Waals surface area (Å²) in [6.45, 7) is 4.40. The predicted octanol–water partition coefficient (Wildman–Crippen LogP) is 4.95. The van der Waals surface area contributed by atoms with Crippen LogP contribution in [0.15, 0.2) is 72.8 Å². The molecule has 0 saturated heterocycles. The molecule has 3 amide bonds. The van der Waals surface area contributed by atoms with E-state index in [0.29, 0.717) is 34.2 Å². The molecular weight excluding hydrogens is 438 g/mol. The van der Waals surface area contributed by atoms with Crippen molar-refractivity contribution < 1.29 is 9.59 Å². The van der Waals surface area contributed by atoms with Crippen LogP contribution in [-0.4, -0.2) is 28.9 Å². The first-order valence-corrected chi connectivity index (χ1v) is 10.9. The Balaban J connectivity index is 1.73. The van der Waals surface area contributed by atoms with Gasteiger partial charge >= 0.3 is 6.03 Å². The van der Waals surface area contributed by atoms with Crippen molar-refractivity contribution in [1.82, 2.24) is 4.90 Å². The molecule has 33 heavy (non-hydrogen) atoms. The zero-order valence-corrected chi connectivity index (χ0v) is 19.4. The number of para-hydroxylation sites is 2. The van der Waals surface area contributed by atoms with Crippen LogP contribution in [-0.2, 0) is 6.54 Å². The van der Waals surface area contributed by atoms with E-state index in [9.17, 15) is 9.59 Å². The van der Waals surface area contributed by atoms with E-state index < -0.39 is 5.54 Å². The first kappa shape index (κ1) is 24.1. The zero-order valence-electron chi connectivity index (χ0n) is 18.6. The second kappa shape index (κ2) is 10.4. The predicted molar refractivity (Wildman–Crippen MR) is 134 cm³/mol. The van der Waals surface area contributed by atoms with Crippen molar-refractivity contribution in [3.63, 3.8) is 0 Å². The van der Waals surface area contributed by atoms with Crippen molar-refractivity contribution in [2.24, 2.45) is 5.73 Å². The number of amides is 3. The van der Waals surface area contributed by atoms with Gasteiger partial charge in [-0.15, -0.1) is 0 Å². The number of halogens is 1. The highest BCUT2D eigenvalue weighted by atomic mass is 35.5. The van der Waals surface area contributed by atoms with Crippen LogP contribution in [0.3, 0.4) is 0 Å². The number of urea groups is 1. The molecule has 3 rings (SSSR count). The minimum Gasteiger partial charge on any atom is -0.397 e. The Kier molecular flexibility index (Phi) is 7.58. The lowest BCUT2D eigenvalue weighted by Gasteiger charge is -2.38. The molecule has 0 heterocycles. The van der Waals surface area contributed by atoms with Crippen molar-refractivity contribution in [1.29, 1.82) is 0 Å². The van der Waals surface area contributed by atoms with E-state index in [0.717, 1.165) is 5.56 Å². The van der Waals surface area contributed by atoms with Gasteiger partial charge < -0.3 is 27.0 Å². The number of hydrogen-bond donors (Lipinski definition) is 4. The van der Waals surface area contributed by atoms with Crippen LogP contribution in [0, 0.1) is 0 Å². The Morgan fingerprint density at radius 2 is 1.58 bits per heavy atom. The first-order valence-electron chi connectivity index (χ1n) is 10.5. The fourth-order valence-electron chi connectivity index (χ4n) is 3.14. The summed E-state index contributed by atoms with van der Waals surface area (Å²) < 4.78 is 0. The summed E-state index contributed by atoms with van der Waals surface area (Å²) in [6, 6.07) is 20.8. The molecular formula is C25H28ClN5O2. The van der Waals surface area contributed by atoms with E-state index in [1.807, 2.05) is 26.0 Å². The molecule has 0 aliphatic heterocycles. The summed E-state index contributed by atoms with van der Waals surface area (Å²) in [4.78, 5) is 27.3. The van der Waals surface area contributed by atoms with E-state index in [1.165, 1.54) is 0 Å². The smallest absolute Gasteiger partial charge is 0.322 e. The maximum atomic E-state index is 13.1. The molecule has 3 aromatic rings. The van der Waals surface area contributed by atoms with Gasteiger partial charge in [0.15, 0.2) is 0 Å². The molecule has 0 atom stereocenters. The van der Waals surface area contributed by atoms with Crippen LogP contribution in [0.1, 0.15) is 29.8 Å². The highest BCUT2D eigenvalue weighted by Gasteiger charge is 2.30. The van der Waals surface area contributed by atoms with E-state index in [1.54, 1.807) is 65.6 Å². The van der Waals surface area contributed by atoms with E-state index in [4.69, 9.17) is 23.1 Å². The fraction of sp³-hybridized carbons (Fsp3) is 0.200. The highest BCUT2D eigenvalue weighted by molar-refractivity contribution is 6.30. The quantitative estimate of drug-likeness (QED) is 0.370. The maximum Gasteiger partial charge on any atom is 0.322 e. The summed E-state index contributed by atoms with van der Waals surface area (Å²) in [7, 11) is 0. The van der Waals surface area contributed by atoms with Crippen LogP contribution in [0.4, 0.5) is 21.9 Å². The lowest BCUT2D eigenvalue weighted by atomic mass is 10.0. The summed E-state index contributed by atoms with van der Waals surface area (Å²) >= 11 is 5.93.